The minimum absolute atomic E-state index is 0.213. The van der Waals surface area contributed by atoms with Crippen molar-refractivity contribution < 1.29 is 19.8 Å². The standard InChI is InChI=1S/C9H12O4/c1-5-6(7(10)11)3-4-9(5,2)8(12)13/h3,5H,4H2,1-2H3,(H,10,11)(H,12,13). The van der Waals surface area contributed by atoms with E-state index in [2.05, 4.69) is 0 Å². The summed E-state index contributed by atoms with van der Waals surface area (Å²) in [5, 5.41) is 17.7. The van der Waals surface area contributed by atoms with Gasteiger partial charge in [-0.15, -0.1) is 0 Å². The third-order valence-electron chi connectivity index (χ3n) is 2.90. The Kier molecular flexibility index (Phi) is 2.15. The molecule has 0 spiro atoms. The van der Waals surface area contributed by atoms with E-state index in [1.165, 1.54) is 6.08 Å². The van der Waals surface area contributed by atoms with Crippen molar-refractivity contribution in [2.45, 2.75) is 20.3 Å². The first kappa shape index (κ1) is 9.77. The molecule has 13 heavy (non-hydrogen) atoms. The third-order valence-corrected chi connectivity index (χ3v) is 2.90. The van der Waals surface area contributed by atoms with E-state index in [0.29, 0.717) is 6.42 Å². The Morgan fingerprint density at radius 1 is 1.54 bits per heavy atom. The van der Waals surface area contributed by atoms with Crippen LogP contribution < -0.4 is 0 Å². The average Bonchev–Trinajstić information content (AvgIpc) is 2.30. The number of hydrogen-bond acceptors (Lipinski definition) is 2. The van der Waals surface area contributed by atoms with E-state index in [-0.39, 0.29) is 5.57 Å². The lowest BCUT2D eigenvalue weighted by molar-refractivity contribution is -0.149. The van der Waals surface area contributed by atoms with Gasteiger partial charge in [-0.1, -0.05) is 13.0 Å². The highest BCUT2D eigenvalue weighted by molar-refractivity contribution is 5.90. The molecule has 0 radical (unpaired) electrons. The molecule has 4 heteroatoms. The average molecular weight is 184 g/mol. The van der Waals surface area contributed by atoms with Gasteiger partial charge in [-0.25, -0.2) is 4.79 Å². The number of carboxylic acids is 2. The van der Waals surface area contributed by atoms with E-state index in [9.17, 15) is 9.59 Å². The highest BCUT2D eigenvalue weighted by Crippen LogP contribution is 2.42. The van der Waals surface area contributed by atoms with Crippen LogP contribution in [0.1, 0.15) is 20.3 Å². The largest absolute Gasteiger partial charge is 0.481 e. The second-order valence-corrected chi connectivity index (χ2v) is 3.61. The molecule has 2 unspecified atom stereocenters. The lowest BCUT2D eigenvalue weighted by Crippen LogP contribution is -2.32. The Balaban J connectivity index is 2.95. The van der Waals surface area contributed by atoms with Crippen molar-refractivity contribution in [1.29, 1.82) is 0 Å². The molecule has 4 nitrogen and oxygen atoms in total. The fraction of sp³-hybridized carbons (Fsp3) is 0.556. The Hall–Kier alpha value is -1.32. The molecular formula is C9H12O4. The minimum Gasteiger partial charge on any atom is -0.481 e. The Labute approximate surface area is 75.9 Å². The number of hydrogen-bond donors (Lipinski definition) is 2. The summed E-state index contributed by atoms with van der Waals surface area (Å²) in [5.41, 5.74) is -0.738. The second kappa shape index (κ2) is 2.87. The van der Waals surface area contributed by atoms with Gasteiger partial charge in [0.1, 0.15) is 0 Å². The molecule has 1 aliphatic rings. The molecule has 0 fully saturated rings. The molecule has 72 valence electrons. The highest BCUT2D eigenvalue weighted by Gasteiger charge is 2.45. The zero-order valence-corrected chi connectivity index (χ0v) is 7.57. The lowest BCUT2D eigenvalue weighted by Gasteiger charge is -2.24. The molecule has 0 aromatic carbocycles. The van der Waals surface area contributed by atoms with Crippen molar-refractivity contribution >= 4 is 11.9 Å². The third kappa shape index (κ3) is 1.32. The molecule has 2 N–H and O–H groups in total. The maximum absolute atomic E-state index is 10.9. The van der Waals surface area contributed by atoms with Crippen LogP contribution in [0.5, 0.6) is 0 Å². The van der Waals surface area contributed by atoms with Crippen molar-refractivity contribution in [3.05, 3.63) is 11.6 Å². The first-order valence-electron chi connectivity index (χ1n) is 4.06. The predicted octanol–water partition coefficient (Wildman–Crippen LogP) is 1.13. The van der Waals surface area contributed by atoms with Gasteiger partial charge in [0.15, 0.2) is 0 Å². The van der Waals surface area contributed by atoms with Crippen LogP contribution in [0, 0.1) is 11.3 Å². The van der Waals surface area contributed by atoms with Gasteiger partial charge < -0.3 is 10.2 Å². The van der Waals surface area contributed by atoms with Crippen molar-refractivity contribution in [2.75, 3.05) is 0 Å². The number of carboxylic acid groups (broad SMARTS) is 2. The molecule has 0 aliphatic heterocycles. The van der Waals surface area contributed by atoms with Gasteiger partial charge in [0.2, 0.25) is 0 Å². The van der Waals surface area contributed by atoms with Crippen LogP contribution in [0.25, 0.3) is 0 Å². The number of carbonyl (C=O) groups is 2. The van der Waals surface area contributed by atoms with Gasteiger partial charge in [-0.05, 0) is 13.3 Å². The first-order valence-corrected chi connectivity index (χ1v) is 4.06. The summed E-state index contributed by atoms with van der Waals surface area (Å²) >= 11 is 0. The SMILES string of the molecule is CC1C(C(=O)O)=CCC1(C)C(=O)O. The van der Waals surface area contributed by atoms with Gasteiger partial charge in [-0.2, -0.15) is 0 Å². The Morgan fingerprint density at radius 3 is 2.31 bits per heavy atom. The van der Waals surface area contributed by atoms with Gasteiger partial charge in [0, 0.05) is 11.5 Å². The molecule has 2 atom stereocenters. The topological polar surface area (TPSA) is 74.6 Å². The molecular weight excluding hydrogens is 172 g/mol. The van der Waals surface area contributed by atoms with Crippen LogP contribution in [0.15, 0.2) is 11.6 Å². The molecule has 0 amide bonds. The normalized spacial score (nSPS) is 32.8. The van der Waals surface area contributed by atoms with Crippen LogP contribution in [0.3, 0.4) is 0 Å². The maximum Gasteiger partial charge on any atom is 0.331 e. The van der Waals surface area contributed by atoms with Crippen LogP contribution in [0.2, 0.25) is 0 Å². The first-order chi connectivity index (χ1) is 5.89. The summed E-state index contributed by atoms with van der Waals surface area (Å²) < 4.78 is 0. The summed E-state index contributed by atoms with van der Waals surface area (Å²) in [6.07, 6.45) is 1.80. The van der Waals surface area contributed by atoms with Gasteiger partial charge >= 0.3 is 11.9 Å². The molecule has 0 saturated heterocycles. The predicted molar refractivity (Wildman–Crippen MR) is 45.2 cm³/mol. The molecule has 0 heterocycles. The molecule has 1 aliphatic carbocycles. The van der Waals surface area contributed by atoms with Crippen LogP contribution >= 0.6 is 0 Å². The molecule has 0 aromatic heterocycles. The van der Waals surface area contributed by atoms with E-state index in [0.717, 1.165) is 0 Å². The quantitative estimate of drug-likeness (QED) is 0.674. The van der Waals surface area contributed by atoms with E-state index in [1.807, 2.05) is 0 Å². The summed E-state index contributed by atoms with van der Waals surface area (Å²) in [6, 6.07) is 0. The molecule has 1 rings (SSSR count). The summed E-state index contributed by atoms with van der Waals surface area (Å²) in [5.74, 6) is -2.38. The van der Waals surface area contributed by atoms with Crippen LogP contribution in [-0.4, -0.2) is 22.2 Å². The van der Waals surface area contributed by atoms with Crippen molar-refractivity contribution in [1.82, 2.24) is 0 Å². The van der Waals surface area contributed by atoms with E-state index >= 15 is 0 Å². The van der Waals surface area contributed by atoms with Gasteiger partial charge in [-0.3, -0.25) is 4.79 Å². The molecule has 0 saturated carbocycles. The zero-order chi connectivity index (χ0) is 10.2. The molecule has 0 aromatic rings. The maximum atomic E-state index is 10.9. The number of allylic oxidation sites excluding steroid dienone is 1. The van der Waals surface area contributed by atoms with Crippen LogP contribution in [0.4, 0.5) is 0 Å². The number of aliphatic carboxylic acids is 2. The van der Waals surface area contributed by atoms with Crippen LogP contribution in [-0.2, 0) is 9.59 Å². The van der Waals surface area contributed by atoms with E-state index in [4.69, 9.17) is 10.2 Å². The fourth-order valence-corrected chi connectivity index (χ4v) is 1.56. The zero-order valence-electron chi connectivity index (χ0n) is 7.57. The van der Waals surface area contributed by atoms with Crippen molar-refractivity contribution in [2.24, 2.45) is 11.3 Å². The van der Waals surface area contributed by atoms with E-state index < -0.39 is 23.3 Å². The fourth-order valence-electron chi connectivity index (χ4n) is 1.56. The van der Waals surface area contributed by atoms with Gasteiger partial charge in [0.25, 0.3) is 0 Å². The monoisotopic (exact) mass is 184 g/mol. The van der Waals surface area contributed by atoms with Crippen molar-refractivity contribution in [3.8, 4) is 0 Å². The number of rotatable bonds is 2. The van der Waals surface area contributed by atoms with Gasteiger partial charge in [0.05, 0.1) is 5.41 Å². The van der Waals surface area contributed by atoms with E-state index in [1.54, 1.807) is 13.8 Å². The highest BCUT2D eigenvalue weighted by atomic mass is 16.4. The smallest absolute Gasteiger partial charge is 0.331 e. The lowest BCUT2D eigenvalue weighted by atomic mass is 9.78. The van der Waals surface area contributed by atoms with Crippen molar-refractivity contribution in [3.63, 3.8) is 0 Å². The summed E-state index contributed by atoms with van der Waals surface area (Å²) in [4.78, 5) is 21.5. The molecule has 0 bridgehead atoms. The summed E-state index contributed by atoms with van der Waals surface area (Å²) in [6.45, 7) is 3.22. The Morgan fingerprint density at radius 2 is 2.08 bits per heavy atom. The minimum atomic E-state index is -1.02. The second-order valence-electron chi connectivity index (χ2n) is 3.61. The summed E-state index contributed by atoms with van der Waals surface area (Å²) in [7, 11) is 0. The Bertz CT molecular complexity index is 292.